The van der Waals surface area contributed by atoms with E-state index >= 15 is 0 Å². The first kappa shape index (κ1) is 7.91. The number of aliphatic carboxylic acids is 1. The topological polar surface area (TPSA) is 49.3 Å². The second-order valence-electron chi connectivity index (χ2n) is 3.49. The van der Waals surface area contributed by atoms with Crippen LogP contribution in [0.25, 0.3) is 0 Å². The van der Waals surface area contributed by atoms with Gasteiger partial charge >= 0.3 is 5.97 Å². The van der Waals surface area contributed by atoms with Crippen LogP contribution in [-0.4, -0.2) is 29.1 Å². The van der Waals surface area contributed by atoms with Gasteiger partial charge in [0.2, 0.25) is 0 Å². The molecular formula is C7H9F2NO2. The van der Waals surface area contributed by atoms with Crippen molar-refractivity contribution in [2.75, 3.05) is 0 Å². The summed E-state index contributed by atoms with van der Waals surface area (Å²) in [6.45, 7) is 0. The number of piperidine rings is 1. The predicted octanol–water partition coefficient (Wildman–Crippen LogP) is 0.457. The van der Waals surface area contributed by atoms with Gasteiger partial charge in [0.1, 0.15) is 6.04 Å². The van der Waals surface area contributed by atoms with Gasteiger partial charge in [0.25, 0.3) is 5.92 Å². The van der Waals surface area contributed by atoms with E-state index in [1.807, 2.05) is 0 Å². The Morgan fingerprint density at radius 3 is 2.58 bits per heavy atom. The molecule has 1 saturated carbocycles. The first-order valence-electron chi connectivity index (χ1n) is 3.87. The van der Waals surface area contributed by atoms with Gasteiger partial charge in [0.15, 0.2) is 0 Å². The van der Waals surface area contributed by atoms with Crippen LogP contribution in [0.2, 0.25) is 0 Å². The molecule has 3 nitrogen and oxygen atoms in total. The maximum absolute atomic E-state index is 12.9. The van der Waals surface area contributed by atoms with Crippen LogP contribution in [0.4, 0.5) is 8.78 Å². The highest BCUT2D eigenvalue weighted by molar-refractivity contribution is 5.75. The van der Waals surface area contributed by atoms with E-state index in [4.69, 9.17) is 5.11 Å². The number of nitrogens with one attached hydrogen (secondary N) is 1. The minimum absolute atomic E-state index is 0.207. The number of alkyl halides is 2. The van der Waals surface area contributed by atoms with Gasteiger partial charge in [-0.05, 0) is 6.42 Å². The number of carbonyl (C=O) groups is 1. The summed E-state index contributed by atoms with van der Waals surface area (Å²) in [5, 5.41) is 11.2. The molecule has 68 valence electrons. The molecule has 0 aromatic carbocycles. The van der Waals surface area contributed by atoms with Gasteiger partial charge in [-0.2, -0.15) is 0 Å². The predicted molar refractivity (Wildman–Crippen MR) is 36.0 cm³/mol. The van der Waals surface area contributed by atoms with E-state index in [1.165, 1.54) is 0 Å². The molecule has 5 heteroatoms. The Labute approximate surface area is 67.8 Å². The standard InChI is InChI=1S/C7H9F2NO2/c8-7(9)2-3-1-4(7)5(10-3)6(11)12/h3-5,10H,1-2H2,(H,11,12)/t3-,4-,5-/m1/s1. The van der Waals surface area contributed by atoms with E-state index in [-0.39, 0.29) is 12.5 Å². The molecule has 1 heterocycles. The van der Waals surface area contributed by atoms with Crippen LogP contribution in [-0.2, 0) is 4.79 Å². The average Bonchev–Trinajstić information content (AvgIpc) is 2.40. The van der Waals surface area contributed by atoms with E-state index < -0.39 is 23.9 Å². The minimum Gasteiger partial charge on any atom is -0.480 e. The maximum Gasteiger partial charge on any atom is 0.321 e. The first-order valence-corrected chi connectivity index (χ1v) is 3.87. The van der Waals surface area contributed by atoms with Crippen molar-refractivity contribution in [2.45, 2.75) is 30.8 Å². The molecule has 2 bridgehead atoms. The molecule has 2 aliphatic rings. The molecule has 0 radical (unpaired) electrons. The van der Waals surface area contributed by atoms with E-state index in [1.54, 1.807) is 0 Å². The molecular weight excluding hydrogens is 168 g/mol. The smallest absolute Gasteiger partial charge is 0.321 e. The Hall–Kier alpha value is -0.710. The van der Waals surface area contributed by atoms with E-state index in [9.17, 15) is 13.6 Å². The quantitative estimate of drug-likeness (QED) is 0.611. The van der Waals surface area contributed by atoms with Crippen molar-refractivity contribution in [3.05, 3.63) is 0 Å². The molecule has 1 saturated heterocycles. The summed E-state index contributed by atoms with van der Waals surface area (Å²) in [6.07, 6.45) is 0.0887. The molecule has 1 aliphatic carbocycles. The second-order valence-corrected chi connectivity index (χ2v) is 3.49. The second kappa shape index (κ2) is 2.16. The summed E-state index contributed by atoms with van der Waals surface area (Å²) in [5.41, 5.74) is 0. The van der Waals surface area contributed by atoms with Crippen LogP contribution in [0, 0.1) is 5.92 Å². The zero-order chi connectivity index (χ0) is 8.93. The van der Waals surface area contributed by atoms with Crippen molar-refractivity contribution in [3.63, 3.8) is 0 Å². The largest absolute Gasteiger partial charge is 0.480 e. The fourth-order valence-corrected chi connectivity index (χ4v) is 2.16. The highest BCUT2D eigenvalue weighted by atomic mass is 19.3. The van der Waals surface area contributed by atoms with Gasteiger partial charge < -0.3 is 10.4 Å². The van der Waals surface area contributed by atoms with Crippen LogP contribution in [0.15, 0.2) is 0 Å². The number of hydrogen-bond donors (Lipinski definition) is 2. The van der Waals surface area contributed by atoms with Crippen molar-refractivity contribution in [1.29, 1.82) is 0 Å². The highest BCUT2D eigenvalue weighted by Crippen LogP contribution is 2.46. The Morgan fingerprint density at radius 1 is 1.58 bits per heavy atom. The molecule has 2 N–H and O–H groups in total. The Balaban J connectivity index is 2.20. The molecule has 12 heavy (non-hydrogen) atoms. The lowest BCUT2D eigenvalue weighted by Crippen LogP contribution is -2.49. The van der Waals surface area contributed by atoms with Gasteiger partial charge in [-0.25, -0.2) is 8.78 Å². The maximum atomic E-state index is 12.9. The fraction of sp³-hybridized carbons (Fsp3) is 0.857. The summed E-state index contributed by atoms with van der Waals surface area (Å²) in [4.78, 5) is 10.5. The van der Waals surface area contributed by atoms with Crippen molar-refractivity contribution < 1.29 is 18.7 Å². The van der Waals surface area contributed by atoms with Crippen LogP contribution in [0.3, 0.4) is 0 Å². The van der Waals surface area contributed by atoms with Crippen molar-refractivity contribution in [1.82, 2.24) is 5.32 Å². The number of rotatable bonds is 1. The molecule has 0 aromatic rings. The van der Waals surface area contributed by atoms with Crippen molar-refractivity contribution in [3.8, 4) is 0 Å². The molecule has 0 spiro atoms. The molecule has 2 rings (SSSR count). The monoisotopic (exact) mass is 177 g/mol. The lowest BCUT2D eigenvalue weighted by Gasteiger charge is -2.27. The molecule has 2 fully saturated rings. The van der Waals surface area contributed by atoms with Gasteiger partial charge in [-0.1, -0.05) is 0 Å². The SMILES string of the molecule is O=C(O)[C@@H]1N[C@@H]2C[C@H]1C(F)(F)C2. The number of carboxylic acid groups (broad SMARTS) is 1. The van der Waals surface area contributed by atoms with E-state index in [2.05, 4.69) is 5.32 Å². The Kier molecular flexibility index (Phi) is 1.42. The lowest BCUT2D eigenvalue weighted by molar-refractivity contribution is -0.147. The number of hydrogen-bond acceptors (Lipinski definition) is 2. The third-order valence-corrected chi connectivity index (χ3v) is 2.68. The van der Waals surface area contributed by atoms with E-state index in [0.717, 1.165) is 0 Å². The van der Waals surface area contributed by atoms with Crippen LogP contribution >= 0.6 is 0 Å². The molecule has 0 unspecified atom stereocenters. The van der Waals surface area contributed by atoms with Gasteiger partial charge in [-0.15, -0.1) is 0 Å². The average molecular weight is 177 g/mol. The number of carboxylic acids is 1. The highest BCUT2D eigenvalue weighted by Gasteiger charge is 2.59. The summed E-state index contributed by atoms with van der Waals surface area (Å²) in [6, 6.07) is -1.34. The normalized spacial score (nSPS) is 43.3. The molecule has 0 aromatic heterocycles. The Bertz CT molecular complexity index is 231. The molecule has 3 atom stereocenters. The summed E-state index contributed by atoms with van der Waals surface area (Å²) < 4.78 is 25.9. The van der Waals surface area contributed by atoms with Crippen LogP contribution in [0.5, 0.6) is 0 Å². The third kappa shape index (κ3) is 0.924. The molecule has 0 amide bonds. The number of fused-ring (bicyclic) bond motifs is 2. The zero-order valence-corrected chi connectivity index (χ0v) is 6.26. The fourth-order valence-electron chi connectivity index (χ4n) is 2.16. The third-order valence-electron chi connectivity index (χ3n) is 2.68. The summed E-state index contributed by atoms with van der Waals surface area (Å²) in [7, 11) is 0. The molecule has 1 aliphatic heterocycles. The minimum atomic E-state index is -2.78. The Morgan fingerprint density at radius 2 is 2.25 bits per heavy atom. The van der Waals surface area contributed by atoms with Crippen LogP contribution < -0.4 is 5.32 Å². The van der Waals surface area contributed by atoms with Crippen molar-refractivity contribution >= 4 is 5.97 Å². The zero-order valence-electron chi connectivity index (χ0n) is 6.26. The van der Waals surface area contributed by atoms with Crippen LogP contribution in [0.1, 0.15) is 12.8 Å². The number of halogens is 2. The first-order chi connectivity index (χ1) is 5.50. The van der Waals surface area contributed by atoms with Gasteiger partial charge in [0.05, 0.1) is 5.92 Å². The van der Waals surface area contributed by atoms with E-state index in [0.29, 0.717) is 6.42 Å². The van der Waals surface area contributed by atoms with Crippen molar-refractivity contribution in [2.24, 2.45) is 5.92 Å². The summed E-state index contributed by atoms with van der Waals surface area (Å²) in [5.74, 6) is -4.94. The van der Waals surface area contributed by atoms with Gasteiger partial charge in [-0.3, -0.25) is 4.79 Å². The lowest BCUT2D eigenvalue weighted by atomic mass is 9.96. The summed E-state index contributed by atoms with van der Waals surface area (Å²) >= 11 is 0. The van der Waals surface area contributed by atoms with Gasteiger partial charge in [0, 0.05) is 12.5 Å².